The van der Waals surface area contributed by atoms with Crippen molar-refractivity contribution < 1.29 is 0 Å². The van der Waals surface area contributed by atoms with Gasteiger partial charge >= 0.3 is 0 Å². The van der Waals surface area contributed by atoms with Gasteiger partial charge in [-0.2, -0.15) is 0 Å². The first-order valence-corrected chi connectivity index (χ1v) is 6.94. The molecule has 1 aromatic carbocycles. The average molecular weight is 233 g/mol. The Hall–Kier alpha value is -0.820. The molecule has 0 spiro atoms. The molecule has 1 aromatic rings. The van der Waals surface area contributed by atoms with Gasteiger partial charge in [-0.25, -0.2) is 0 Å². The zero-order valence-electron chi connectivity index (χ0n) is 11.6. The molecule has 0 fully saturated rings. The Labute approximate surface area is 106 Å². The summed E-state index contributed by atoms with van der Waals surface area (Å²) in [6.07, 6.45) is 6.24. The minimum atomic E-state index is -0.185. The first-order chi connectivity index (χ1) is 8.10. The van der Waals surface area contributed by atoms with Gasteiger partial charge in [0.15, 0.2) is 0 Å². The number of nitrogens with two attached hydrogens (primary N) is 1. The molecule has 96 valence electrons. The molecule has 2 unspecified atom stereocenters. The molecule has 0 saturated heterocycles. The van der Waals surface area contributed by atoms with Gasteiger partial charge < -0.3 is 5.73 Å². The Morgan fingerprint density at radius 3 is 2.35 bits per heavy atom. The quantitative estimate of drug-likeness (QED) is 0.739. The van der Waals surface area contributed by atoms with Gasteiger partial charge in [-0.1, -0.05) is 69.9 Å². The number of rotatable bonds is 7. The van der Waals surface area contributed by atoms with Crippen LogP contribution in [0, 0.1) is 5.92 Å². The second-order valence-electron chi connectivity index (χ2n) is 5.40. The third-order valence-electron chi connectivity index (χ3n) is 3.69. The van der Waals surface area contributed by atoms with E-state index < -0.39 is 0 Å². The van der Waals surface area contributed by atoms with Crippen molar-refractivity contribution in [2.24, 2.45) is 11.7 Å². The van der Waals surface area contributed by atoms with Crippen molar-refractivity contribution >= 4 is 0 Å². The summed E-state index contributed by atoms with van der Waals surface area (Å²) in [6, 6.07) is 10.5. The van der Waals surface area contributed by atoms with E-state index in [1.165, 1.54) is 31.2 Å². The Morgan fingerprint density at radius 2 is 1.82 bits per heavy atom. The normalized spacial score (nSPS) is 16.5. The molecular weight excluding hydrogens is 206 g/mol. The van der Waals surface area contributed by atoms with Crippen molar-refractivity contribution in [1.82, 2.24) is 0 Å². The lowest BCUT2D eigenvalue weighted by Crippen LogP contribution is -2.35. The lowest BCUT2D eigenvalue weighted by Gasteiger charge is -2.30. The fourth-order valence-electron chi connectivity index (χ4n) is 2.48. The van der Waals surface area contributed by atoms with E-state index in [1.54, 1.807) is 0 Å². The van der Waals surface area contributed by atoms with Crippen LogP contribution in [-0.4, -0.2) is 0 Å². The van der Waals surface area contributed by atoms with Crippen molar-refractivity contribution in [3.8, 4) is 0 Å². The summed E-state index contributed by atoms with van der Waals surface area (Å²) in [7, 11) is 0. The van der Waals surface area contributed by atoms with Gasteiger partial charge in [0.1, 0.15) is 0 Å². The molecular formula is C16H27N. The SMILES string of the molecule is CCCCC(CC)CC(C)(N)c1ccccc1. The van der Waals surface area contributed by atoms with Gasteiger partial charge in [0.2, 0.25) is 0 Å². The molecule has 0 radical (unpaired) electrons. The summed E-state index contributed by atoms with van der Waals surface area (Å²) in [4.78, 5) is 0. The van der Waals surface area contributed by atoms with Crippen LogP contribution in [0.15, 0.2) is 30.3 Å². The van der Waals surface area contributed by atoms with Crippen LogP contribution in [0.25, 0.3) is 0 Å². The van der Waals surface area contributed by atoms with Gasteiger partial charge in [0.25, 0.3) is 0 Å². The lowest BCUT2D eigenvalue weighted by atomic mass is 9.81. The molecule has 0 aliphatic carbocycles. The molecule has 0 heterocycles. The summed E-state index contributed by atoms with van der Waals surface area (Å²) in [5, 5.41) is 0. The van der Waals surface area contributed by atoms with E-state index in [1.807, 2.05) is 6.07 Å². The van der Waals surface area contributed by atoms with E-state index in [9.17, 15) is 0 Å². The van der Waals surface area contributed by atoms with E-state index in [0.29, 0.717) is 0 Å². The summed E-state index contributed by atoms with van der Waals surface area (Å²) in [5.74, 6) is 0.755. The topological polar surface area (TPSA) is 26.0 Å². The highest BCUT2D eigenvalue weighted by Crippen LogP contribution is 2.29. The van der Waals surface area contributed by atoms with E-state index >= 15 is 0 Å². The molecule has 2 N–H and O–H groups in total. The highest BCUT2D eigenvalue weighted by molar-refractivity contribution is 5.22. The van der Waals surface area contributed by atoms with Gasteiger partial charge in [-0.15, -0.1) is 0 Å². The molecule has 1 rings (SSSR count). The fraction of sp³-hybridized carbons (Fsp3) is 0.625. The maximum absolute atomic E-state index is 6.49. The van der Waals surface area contributed by atoms with Crippen LogP contribution >= 0.6 is 0 Å². The first kappa shape index (κ1) is 14.2. The number of benzene rings is 1. The molecule has 0 aromatic heterocycles. The summed E-state index contributed by atoms with van der Waals surface area (Å²) in [5.41, 5.74) is 7.56. The van der Waals surface area contributed by atoms with Crippen molar-refractivity contribution in [1.29, 1.82) is 0 Å². The van der Waals surface area contributed by atoms with Crippen LogP contribution in [-0.2, 0) is 5.54 Å². The predicted octanol–water partition coefficient (Wildman–Crippen LogP) is 4.47. The maximum Gasteiger partial charge on any atom is 0.0383 e. The van der Waals surface area contributed by atoms with Crippen molar-refractivity contribution in [2.75, 3.05) is 0 Å². The third kappa shape index (κ3) is 4.51. The van der Waals surface area contributed by atoms with E-state index in [0.717, 1.165) is 12.3 Å². The second kappa shape index (κ2) is 6.80. The van der Waals surface area contributed by atoms with Gasteiger partial charge in [-0.05, 0) is 24.8 Å². The standard InChI is InChI=1S/C16H27N/c1-4-6-10-14(5-2)13-16(3,17)15-11-8-7-9-12-15/h7-9,11-12,14H,4-6,10,13,17H2,1-3H3. The summed E-state index contributed by atoms with van der Waals surface area (Å²) in [6.45, 7) is 6.70. The van der Waals surface area contributed by atoms with Crippen LogP contribution in [0.3, 0.4) is 0 Å². The fourth-order valence-corrected chi connectivity index (χ4v) is 2.48. The Kier molecular flexibility index (Phi) is 5.70. The van der Waals surface area contributed by atoms with Crippen LogP contribution in [0.1, 0.15) is 58.4 Å². The molecule has 17 heavy (non-hydrogen) atoms. The third-order valence-corrected chi connectivity index (χ3v) is 3.69. The van der Waals surface area contributed by atoms with Gasteiger partial charge in [0, 0.05) is 5.54 Å². The molecule has 0 aliphatic heterocycles. The Balaban J connectivity index is 2.64. The van der Waals surface area contributed by atoms with Gasteiger partial charge in [0.05, 0.1) is 0 Å². The number of hydrogen-bond acceptors (Lipinski definition) is 1. The minimum absolute atomic E-state index is 0.185. The van der Waals surface area contributed by atoms with Crippen molar-refractivity contribution in [3.63, 3.8) is 0 Å². The van der Waals surface area contributed by atoms with Crippen LogP contribution in [0.5, 0.6) is 0 Å². The van der Waals surface area contributed by atoms with Crippen molar-refractivity contribution in [2.45, 2.75) is 58.4 Å². The summed E-state index contributed by atoms with van der Waals surface area (Å²) < 4.78 is 0. The zero-order valence-corrected chi connectivity index (χ0v) is 11.6. The first-order valence-electron chi connectivity index (χ1n) is 6.94. The number of hydrogen-bond donors (Lipinski definition) is 1. The molecule has 1 heteroatoms. The Bertz CT molecular complexity index is 303. The van der Waals surface area contributed by atoms with E-state index in [4.69, 9.17) is 5.73 Å². The Morgan fingerprint density at radius 1 is 1.18 bits per heavy atom. The van der Waals surface area contributed by atoms with E-state index in [2.05, 4.69) is 45.0 Å². The maximum atomic E-state index is 6.49. The monoisotopic (exact) mass is 233 g/mol. The smallest absolute Gasteiger partial charge is 0.0383 e. The molecule has 1 nitrogen and oxygen atoms in total. The molecule has 0 bridgehead atoms. The minimum Gasteiger partial charge on any atom is -0.322 e. The molecule has 0 aliphatic rings. The molecule has 0 saturated carbocycles. The van der Waals surface area contributed by atoms with Gasteiger partial charge in [-0.3, -0.25) is 0 Å². The highest BCUT2D eigenvalue weighted by atomic mass is 14.7. The molecule has 2 atom stereocenters. The van der Waals surface area contributed by atoms with Crippen molar-refractivity contribution in [3.05, 3.63) is 35.9 Å². The predicted molar refractivity (Wildman–Crippen MR) is 75.9 cm³/mol. The largest absolute Gasteiger partial charge is 0.322 e. The zero-order chi connectivity index (χ0) is 12.7. The summed E-state index contributed by atoms with van der Waals surface area (Å²) >= 11 is 0. The highest BCUT2D eigenvalue weighted by Gasteiger charge is 2.24. The van der Waals surface area contributed by atoms with Crippen LogP contribution in [0.2, 0.25) is 0 Å². The van der Waals surface area contributed by atoms with Crippen LogP contribution in [0.4, 0.5) is 0 Å². The lowest BCUT2D eigenvalue weighted by molar-refractivity contribution is 0.315. The average Bonchev–Trinajstić information content (AvgIpc) is 2.35. The van der Waals surface area contributed by atoms with Crippen LogP contribution < -0.4 is 5.73 Å². The van der Waals surface area contributed by atoms with E-state index in [-0.39, 0.29) is 5.54 Å². The number of unbranched alkanes of at least 4 members (excludes halogenated alkanes) is 1. The molecule has 0 amide bonds. The second-order valence-corrected chi connectivity index (χ2v) is 5.40.